The van der Waals surface area contributed by atoms with E-state index in [9.17, 15) is 4.79 Å². The van der Waals surface area contributed by atoms with Crippen LogP contribution in [0.25, 0.3) is 0 Å². The van der Waals surface area contributed by atoms with E-state index in [1.54, 1.807) is 0 Å². The quantitative estimate of drug-likeness (QED) is 0.656. The van der Waals surface area contributed by atoms with Crippen molar-refractivity contribution in [2.24, 2.45) is 0 Å². The lowest BCUT2D eigenvalue weighted by atomic mass is 10.2. The molecule has 1 aliphatic heterocycles. The molecular formula is C10H18N4OS. The first-order valence-corrected chi connectivity index (χ1v) is 6.49. The highest BCUT2D eigenvalue weighted by Gasteiger charge is 2.38. The van der Waals surface area contributed by atoms with E-state index in [2.05, 4.69) is 35.7 Å². The lowest BCUT2D eigenvalue weighted by Crippen LogP contribution is -2.44. The summed E-state index contributed by atoms with van der Waals surface area (Å²) in [5.41, 5.74) is 3.24. The highest BCUT2D eigenvalue weighted by atomic mass is 32.2. The summed E-state index contributed by atoms with van der Waals surface area (Å²) in [6.07, 6.45) is 0.621. The number of nitriles is 1. The fourth-order valence-corrected chi connectivity index (χ4v) is 2.52. The maximum atomic E-state index is 11.1. The first-order chi connectivity index (χ1) is 7.65. The van der Waals surface area contributed by atoms with Crippen LogP contribution in [0.5, 0.6) is 0 Å². The fourth-order valence-electron chi connectivity index (χ4n) is 1.57. The minimum absolute atomic E-state index is 0.0469. The second kappa shape index (κ2) is 6.09. The van der Waals surface area contributed by atoms with Crippen LogP contribution in [0.1, 0.15) is 20.3 Å². The molecule has 1 rings (SSSR count). The average Bonchev–Trinajstić information content (AvgIpc) is 2.67. The zero-order valence-electron chi connectivity index (χ0n) is 9.75. The molecule has 0 spiro atoms. The molecular weight excluding hydrogens is 224 g/mol. The molecule has 0 aliphatic carbocycles. The molecule has 6 heteroatoms. The largest absolute Gasteiger partial charge is 0.329 e. The van der Waals surface area contributed by atoms with Gasteiger partial charge >= 0.3 is 0 Å². The topological polar surface area (TPSA) is 68.2 Å². The van der Waals surface area contributed by atoms with Crippen molar-refractivity contribution in [2.45, 2.75) is 25.1 Å². The number of hydrazine groups is 1. The van der Waals surface area contributed by atoms with Gasteiger partial charge in [0.25, 0.3) is 0 Å². The van der Waals surface area contributed by atoms with E-state index in [1.807, 2.05) is 0 Å². The minimum Gasteiger partial charge on any atom is -0.329 e. The van der Waals surface area contributed by atoms with E-state index in [4.69, 9.17) is 5.26 Å². The Labute approximate surface area is 101 Å². The van der Waals surface area contributed by atoms with Gasteiger partial charge in [-0.3, -0.25) is 10.2 Å². The molecule has 0 aromatic rings. The third kappa shape index (κ3) is 3.37. The van der Waals surface area contributed by atoms with Crippen LogP contribution in [0, 0.1) is 11.3 Å². The number of hydrogen-bond acceptors (Lipinski definition) is 5. The number of carbonyl (C=O) groups is 1. The smallest absolute Gasteiger partial charge is 0.231 e. The van der Waals surface area contributed by atoms with E-state index >= 15 is 0 Å². The summed E-state index contributed by atoms with van der Waals surface area (Å²) in [5.74, 6) is 0.341. The molecule has 1 atom stereocenters. The molecule has 1 fully saturated rings. The van der Waals surface area contributed by atoms with Gasteiger partial charge in [0.05, 0.1) is 5.75 Å². The molecule has 2 N–H and O–H groups in total. The summed E-state index contributed by atoms with van der Waals surface area (Å²) < 4.78 is 0. The molecule has 1 unspecified atom stereocenters. The maximum Gasteiger partial charge on any atom is 0.231 e. The summed E-state index contributed by atoms with van der Waals surface area (Å²) >= 11 is 1.38. The third-order valence-electron chi connectivity index (χ3n) is 2.55. The van der Waals surface area contributed by atoms with Crippen LogP contribution in [-0.2, 0) is 4.79 Å². The fraction of sp³-hybridized carbons (Fsp3) is 0.800. The summed E-state index contributed by atoms with van der Waals surface area (Å²) in [4.78, 5) is 10.4. The Morgan fingerprint density at radius 2 is 2.31 bits per heavy atom. The second-order valence-electron chi connectivity index (χ2n) is 3.61. The molecule has 1 amide bonds. The molecule has 0 aromatic carbocycles. The SMILES string of the molecule is CCN(CC)NCCC1(C#N)NC(=O)CS1. The molecule has 0 bridgehead atoms. The normalized spacial score (nSPS) is 24.5. The number of nitrogens with zero attached hydrogens (tertiary/aromatic N) is 2. The highest BCUT2D eigenvalue weighted by Crippen LogP contribution is 2.30. The van der Waals surface area contributed by atoms with Crippen molar-refractivity contribution in [3.05, 3.63) is 0 Å². The zero-order valence-corrected chi connectivity index (χ0v) is 10.6. The summed E-state index contributed by atoms with van der Waals surface area (Å²) in [6.45, 7) is 6.69. The van der Waals surface area contributed by atoms with Crippen molar-refractivity contribution in [1.29, 1.82) is 5.26 Å². The van der Waals surface area contributed by atoms with E-state index in [0.29, 0.717) is 18.7 Å². The first kappa shape index (κ1) is 13.3. The van der Waals surface area contributed by atoms with Crippen LogP contribution in [0.4, 0.5) is 0 Å². The molecule has 1 aliphatic rings. The number of rotatable bonds is 6. The van der Waals surface area contributed by atoms with Crippen LogP contribution in [0.3, 0.4) is 0 Å². The van der Waals surface area contributed by atoms with Crippen molar-refractivity contribution in [1.82, 2.24) is 15.8 Å². The lowest BCUT2D eigenvalue weighted by molar-refractivity contribution is -0.118. The molecule has 16 heavy (non-hydrogen) atoms. The minimum atomic E-state index is -0.725. The van der Waals surface area contributed by atoms with Crippen molar-refractivity contribution < 1.29 is 4.79 Å². The van der Waals surface area contributed by atoms with E-state index in [-0.39, 0.29) is 5.91 Å². The Hall–Kier alpha value is -0.770. The van der Waals surface area contributed by atoms with Gasteiger partial charge in [-0.2, -0.15) is 5.26 Å². The van der Waals surface area contributed by atoms with Gasteiger partial charge < -0.3 is 5.32 Å². The van der Waals surface area contributed by atoms with Crippen molar-refractivity contribution >= 4 is 17.7 Å². The molecule has 1 saturated heterocycles. The number of carbonyl (C=O) groups excluding carboxylic acids is 1. The van der Waals surface area contributed by atoms with E-state index < -0.39 is 4.87 Å². The van der Waals surface area contributed by atoms with Crippen molar-refractivity contribution in [2.75, 3.05) is 25.4 Å². The standard InChI is InChI=1S/C10H18N4OS/c1-3-14(4-2)12-6-5-10(8-11)13-9(15)7-16-10/h12H,3-7H2,1-2H3,(H,13,15). The monoisotopic (exact) mass is 242 g/mol. The average molecular weight is 242 g/mol. The Balaban J connectivity index is 2.36. The van der Waals surface area contributed by atoms with Gasteiger partial charge in [-0.05, 0) is 0 Å². The summed E-state index contributed by atoms with van der Waals surface area (Å²) in [6, 6.07) is 2.19. The number of hydrogen-bond donors (Lipinski definition) is 2. The Morgan fingerprint density at radius 1 is 1.62 bits per heavy atom. The van der Waals surface area contributed by atoms with E-state index in [0.717, 1.165) is 13.1 Å². The van der Waals surface area contributed by atoms with Crippen LogP contribution in [0.2, 0.25) is 0 Å². The highest BCUT2D eigenvalue weighted by molar-refractivity contribution is 8.02. The van der Waals surface area contributed by atoms with Crippen LogP contribution >= 0.6 is 11.8 Å². The maximum absolute atomic E-state index is 11.1. The molecule has 0 radical (unpaired) electrons. The molecule has 0 aromatic heterocycles. The number of nitrogens with one attached hydrogen (secondary N) is 2. The Kier molecular flexibility index (Phi) is 5.06. The van der Waals surface area contributed by atoms with E-state index in [1.165, 1.54) is 11.8 Å². The van der Waals surface area contributed by atoms with Crippen LogP contribution in [-0.4, -0.2) is 41.2 Å². The predicted octanol–water partition coefficient (Wildman–Crippen LogP) is 0.306. The van der Waals surface area contributed by atoms with Gasteiger partial charge in [0.15, 0.2) is 4.87 Å². The Morgan fingerprint density at radius 3 is 2.75 bits per heavy atom. The molecule has 5 nitrogen and oxygen atoms in total. The van der Waals surface area contributed by atoms with Crippen LogP contribution in [0.15, 0.2) is 0 Å². The molecule has 0 saturated carbocycles. The summed E-state index contributed by atoms with van der Waals surface area (Å²) in [7, 11) is 0. The summed E-state index contributed by atoms with van der Waals surface area (Å²) in [5, 5.41) is 13.9. The van der Waals surface area contributed by atoms with Crippen molar-refractivity contribution in [3.63, 3.8) is 0 Å². The third-order valence-corrected chi connectivity index (χ3v) is 3.84. The Bertz CT molecular complexity index is 287. The predicted molar refractivity (Wildman–Crippen MR) is 64.5 cm³/mol. The van der Waals surface area contributed by atoms with Gasteiger partial charge in [-0.15, -0.1) is 11.8 Å². The molecule has 1 heterocycles. The van der Waals surface area contributed by atoms with Gasteiger partial charge in [-0.1, -0.05) is 13.8 Å². The van der Waals surface area contributed by atoms with Gasteiger partial charge in [-0.25, -0.2) is 5.01 Å². The molecule has 90 valence electrons. The van der Waals surface area contributed by atoms with Gasteiger partial charge in [0, 0.05) is 26.1 Å². The second-order valence-corrected chi connectivity index (χ2v) is 4.88. The van der Waals surface area contributed by atoms with Crippen molar-refractivity contribution in [3.8, 4) is 6.07 Å². The van der Waals surface area contributed by atoms with Gasteiger partial charge in [0.1, 0.15) is 6.07 Å². The first-order valence-electron chi connectivity index (χ1n) is 5.50. The lowest BCUT2D eigenvalue weighted by Gasteiger charge is -2.23. The zero-order chi connectivity index (χ0) is 12.0. The van der Waals surface area contributed by atoms with Gasteiger partial charge in [0.2, 0.25) is 5.91 Å². The number of amides is 1. The van der Waals surface area contributed by atoms with Crippen LogP contribution < -0.4 is 10.7 Å². The number of thioether (sulfide) groups is 1.